The summed E-state index contributed by atoms with van der Waals surface area (Å²) >= 11 is 0. The van der Waals surface area contributed by atoms with Gasteiger partial charge in [-0.05, 0) is 25.7 Å². The fourth-order valence-corrected chi connectivity index (χ4v) is 2.37. The van der Waals surface area contributed by atoms with E-state index < -0.39 is 11.5 Å². The maximum atomic E-state index is 11.3. The van der Waals surface area contributed by atoms with Crippen molar-refractivity contribution >= 4 is 5.97 Å². The second kappa shape index (κ2) is 3.89. The molecule has 0 spiro atoms. The van der Waals surface area contributed by atoms with Crippen molar-refractivity contribution in [1.29, 1.82) is 0 Å². The molecule has 2 aliphatic carbocycles. The van der Waals surface area contributed by atoms with Crippen LogP contribution in [0.4, 0.5) is 0 Å². The van der Waals surface area contributed by atoms with E-state index in [1.807, 2.05) is 0 Å². The summed E-state index contributed by atoms with van der Waals surface area (Å²) in [5.74, 6) is -0.633. The number of aliphatic carboxylic acids is 1. The van der Waals surface area contributed by atoms with E-state index in [0.29, 0.717) is 6.04 Å². The lowest BCUT2D eigenvalue weighted by Gasteiger charge is -2.29. The maximum absolute atomic E-state index is 11.3. The van der Waals surface area contributed by atoms with Crippen LogP contribution in [0.5, 0.6) is 0 Å². The van der Waals surface area contributed by atoms with Crippen molar-refractivity contribution in [2.24, 2.45) is 0 Å². The molecule has 0 atom stereocenters. The average Bonchev–Trinajstić information content (AvgIpc) is 2.93. The molecule has 0 aromatic heterocycles. The molecule has 0 heterocycles. The summed E-state index contributed by atoms with van der Waals surface area (Å²) in [5, 5.41) is 12.7. The summed E-state index contributed by atoms with van der Waals surface area (Å²) in [6.45, 7) is 0. The molecular weight excluding hydrogens is 178 g/mol. The first kappa shape index (κ1) is 9.97. The summed E-state index contributed by atoms with van der Waals surface area (Å²) in [4.78, 5) is 11.3. The predicted octanol–water partition coefficient (Wildman–Crippen LogP) is 1.92. The molecule has 80 valence electrons. The van der Waals surface area contributed by atoms with Gasteiger partial charge in [0.05, 0.1) is 0 Å². The van der Waals surface area contributed by atoms with Gasteiger partial charge in [0.15, 0.2) is 0 Å². The molecule has 0 aliphatic heterocycles. The Bertz CT molecular complexity index is 215. The summed E-state index contributed by atoms with van der Waals surface area (Å²) in [6, 6.07) is 0.490. The highest BCUT2D eigenvalue weighted by Gasteiger charge is 2.42. The van der Waals surface area contributed by atoms with E-state index in [2.05, 4.69) is 5.32 Å². The minimum Gasteiger partial charge on any atom is -0.480 e. The summed E-state index contributed by atoms with van der Waals surface area (Å²) in [5.41, 5.74) is -0.586. The summed E-state index contributed by atoms with van der Waals surface area (Å²) in [6.07, 6.45) is 8.47. The van der Waals surface area contributed by atoms with Crippen molar-refractivity contribution in [2.45, 2.75) is 62.9 Å². The van der Waals surface area contributed by atoms with Gasteiger partial charge in [0.25, 0.3) is 0 Å². The van der Waals surface area contributed by atoms with Crippen molar-refractivity contribution in [3.8, 4) is 0 Å². The van der Waals surface area contributed by atoms with Crippen LogP contribution < -0.4 is 5.32 Å². The zero-order chi connectivity index (χ0) is 10.0. The highest BCUT2D eigenvalue weighted by atomic mass is 16.4. The van der Waals surface area contributed by atoms with Crippen LogP contribution >= 0.6 is 0 Å². The van der Waals surface area contributed by atoms with Crippen LogP contribution in [0, 0.1) is 0 Å². The molecule has 0 radical (unpaired) electrons. The number of carbonyl (C=O) groups is 1. The monoisotopic (exact) mass is 197 g/mol. The van der Waals surface area contributed by atoms with Crippen molar-refractivity contribution in [2.75, 3.05) is 0 Å². The van der Waals surface area contributed by atoms with Gasteiger partial charge in [-0.25, -0.2) is 0 Å². The van der Waals surface area contributed by atoms with Crippen LogP contribution in [0.3, 0.4) is 0 Å². The van der Waals surface area contributed by atoms with Crippen molar-refractivity contribution < 1.29 is 9.90 Å². The molecule has 2 fully saturated rings. The minimum absolute atomic E-state index is 0.490. The van der Waals surface area contributed by atoms with Crippen LogP contribution in [-0.4, -0.2) is 22.7 Å². The van der Waals surface area contributed by atoms with Crippen molar-refractivity contribution in [1.82, 2.24) is 5.32 Å². The Balaban J connectivity index is 2.04. The molecule has 0 bridgehead atoms. The fourth-order valence-electron chi connectivity index (χ4n) is 2.37. The number of carboxylic acid groups (broad SMARTS) is 1. The van der Waals surface area contributed by atoms with Gasteiger partial charge in [0.1, 0.15) is 5.54 Å². The Labute approximate surface area is 84.9 Å². The third-order valence-corrected chi connectivity index (χ3v) is 3.42. The normalized spacial score (nSPS) is 26.9. The Hall–Kier alpha value is -0.570. The molecule has 14 heavy (non-hydrogen) atoms. The summed E-state index contributed by atoms with van der Waals surface area (Å²) < 4.78 is 0. The number of hydrogen-bond acceptors (Lipinski definition) is 2. The number of rotatable bonds is 3. The van der Waals surface area contributed by atoms with Crippen molar-refractivity contribution in [3.05, 3.63) is 0 Å². The Morgan fingerprint density at radius 1 is 1.14 bits per heavy atom. The van der Waals surface area contributed by atoms with Crippen LogP contribution in [-0.2, 0) is 4.79 Å². The lowest BCUT2D eigenvalue weighted by molar-refractivity contribution is -0.145. The van der Waals surface area contributed by atoms with E-state index in [9.17, 15) is 9.90 Å². The van der Waals surface area contributed by atoms with E-state index in [-0.39, 0.29) is 0 Å². The van der Waals surface area contributed by atoms with Gasteiger partial charge in [-0.15, -0.1) is 0 Å². The molecule has 2 aliphatic rings. The molecule has 0 saturated heterocycles. The second-order valence-corrected chi connectivity index (χ2v) is 4.72. The van der Waals surface area contributed by atoms with Gasteiger partial charge in [0, 0.05) is 6.04 Å². The standard InChI is InChI=1S/C11H19NO2/c13-10(14)11(12-9-5-6-9)7-3-1-2-4-8-11/h9,12H,1-8H2,(H,13,14). The third-order valence-electron chi connectivity index (χ3n) is 3.42. The molecule has 2 N–H and O–H groups in total. The van der Waals surface area contributed by atoms with E-state index in [1.54, 1.807) is 0 Å². The van der Waals surface area contributed by atoms with Gasteiger partial charge >= 0.3 is 5.97 Å². The smallest absolute Gasteiger partial charge is 0.323 e. The lowest BCUT2D eigenvalue weighted by atomic mass is 9.90. The quantitative estimate of drug-likeness (QED) is 0.679. The Morgan fingerprint density at radius 3 is 2.14 bits per heavy atom. The van der Waals surface area contributed by atoms with E-state index in [0.717, 1.165) is 38.5 Å². The van der Waals surface area contributed by atoms with Gasteiger partial charge in [-0.1, -0.05) is 25.7 Å². The Morgan fingerprint density at radius 2 is 1.71 bits per heavy atom. The minimum atomic E-state index is -0.633. The van der Waals surface area contributed by atoms with E-state index in [1.165, 1.54) is 12.8 Å². The van der Waals surface area contributed by atoms with Crippen LogP contribution in [0.15, 0.2) is 0 Å². The van der Waals surface area contributed by atoms with Gasteiger partial charge in [0.2, 0.25) is 0 Å². The fraction of sp³-hybridized carbons (Fsp3) is 0.909. The van der Waals surface area contributed by atoms with Gasteiger partial charge in [-0.2, -0.15) is 0 Å². The molecule has 3 nitrogen and oxygen atoms in total. The first-order valence-corrected chi connectivity index (χ1v) is 5.74. The van der Waals surface area contributed by atoms with Crippen LogP contribution in [0.1, 0.15) is 51.4 Å². The molecule has 0 aromatic carbocycles. The molecule has 2 saturated carbocycles. The lowest BCUT2D eigenvalue weighted by Crippen LogP contribution is -2.52. The zero-order valence-corrected chi connectivity index (χ0v) is 8.59. The topological polar surface area (TPSA) is 49.3 Å². The largest absolute Gasteiger partial charge is 0.480 e. The van der Waals surface area contributed by atoms with Gasteiger partial charge < -0.3 is 5.11 Å². The maximum Gasteiger partial charge on any atom is 0.323 e. The van der Waals surface area contributed by atoms with Crippen molar-refractivity contribution in [3.63, 3.8) is 0 Å². The zero-order valence-electron chi connectivity index (χ0n) is 8.59. The first-order chi connectivity index (χ1) is 6.73. The summed E-state index contributed by atoms with van der Waals surface area (Å²) in [7, 11) is 0. The first-order valence-electron chi connectivity index (χ1n) is 5.74. The highest BCUT2D eigenvalue weighted by molar-refractivity contribution is 5.79. The highest BCUT2D eigenvalue weighted by Crippen LogP contribution is 2.31. The molecular formula is C11H19NO2. The van der Waals surface area contributed by atoms with Gasteiger partial charge in [-0.3, -0.25) is 10.1 Å². The SMILES string of the molecule is O=C(O)C1(NC2CC2)CCCCCC1. The van der Waals surface area contributed by atoms with Crippen LogP contribution in [0.2, 0.25) is 0 Å². The number of nitrogens with one attached hydrogen (secondary N) is 1. The third kappa shape index (κ3) is 2.08. The predicted molar refractivity (Wildman–Crippen MR) is 54.2 cm³/mol. The average molecular weight is 197 g/mol. The molecule has 2 rings (SSSR count). The second-order valence-electron chi connectivity index (χ2n) is 4.72. The number of carboxylic acids is 1. The molecule has 3 heteroatoms. The molecule has 0 aromatic rings. The van der Waals surface area contributed by atoms with E-state index >= 15 is 0 Å². The molecule has 0 amide bonds. The number of hydrogen-bond donors (Lipinski definition) is 2. The van der Waals surface area contributed by atoms with E-state index in [4.69, 9.17) is 0 Å². The molecule has 0 unspecified atom stereocenters. The Kier molecular flexibility index (Phi) is 2.77. The van der Waals surface area contributed by atoms with Crippen LogP contribution in [0.25, 0.3) is 0 Å².